The molecule has 0 heterocycles. The fourth-order valence-electron chi connectivity index (χ4n) is 1.50. The summed E-state index contributed by atoms with van der Waals surface area (Å²) in [6, 6.07) is 5.24. The normalized spacial score (nSPS) is 9.68. The number of nitrogens with zero attached hydrogens (tertiary/aromatic N) is 1. The standard InChI is InChI=1S/C13H15N3O6/c1-2-14-11(17)7-15-12(18)8-22-13(19)9-5-3-4-6-10(9)16(20)21/h3-6H,2,7-8H2,1H3,(H,14,17)(H,15,18). The summed E-state index contributed by atoms with van der Waals surface area (Å²) in [4.78, 5) is 44.3. The summed E-state index contributed by atoms with van der Waals surface area (Å²) >= 11 is 0. The Labute approximate surface area is 125 Å². The van der Waals surface area contributed by atoms with E-state index in [-0.39, 0.29) is 18.0 Å². The Balaban J connectivity index is 2.51. The third-order valence-electron chi connectivity index (χ3n) is 2.48. The monoisotopic (exact) mass is 309 g/mol. The minimum Gasteiger partial charge on any atom is -0.452 e. The number of hydrogen-bond acceptors (Lipinski definition) is 6. The van der Waals surface area contributed by atoms with Gasteiger partial charge in [0.25, 0.3) is 11.6 Å². The fourth-order valence-corrected chi connectivity index (χ4v) is 1.50. The number of esters is 1. The van der Waals surface area contributed by atoms with Gasteiger partial charge in [-0.15, -0.1) is 0 Å². The van der Waals surface area contributed by atoms with Gasteiger partial charge in [-0.1, -0.05) is 12.1 Å². The molecule has 2 N–H and O–H groups in total. The number of likely N-dealkylation sites (N-methyl/N-ethyl adjacent to an activating group) is 1. The summed E-state index contributed by atoms with van der Waals surface area (Å²) in [6.45, 7) is 1.29. The first-order valence-corrected chi connectivity index (χ1v) is 6.39. The van der Waals surface area contributed by atoms with E-state index in [0.717, 1.165) is 6.07 Å². The molecule has 0 spiro atoms. The molecule has 2 amide bonds. The third kappa shape index (κ3) is 5.19. The average Bonchev–Trinajstić information content (AvgIpc) is 2.50. The molecule has 0 fully saturated rings. The van der Waals surface area contributed by atoms with E-state index < -0.39 is 29.1 Å². The number of nitro groups is 1. The number of nitrogens with one attached hydrogen (secondary N) is 2. The summed E-state index contributed by atoms with van der Waals surface area (Å²) in [5.74, 6) is -2.04. The van der Waals surface area contributed by atoms with Gasteiger partial charge in [0.05, 0.1) is 11.5 Å². The van der Waals surface area contributed by atoms with Crippen LogP contribution in [-0.4, -0.2) is 42.4 Å². The first kappa shape index (κ1) is 17.1. The maximum atomic E-state index is 11.7. The van der Waals surface area contributed by atoms with Crippen LogP contribution in [0, 0.1) is 10.1 Å². The number of rotatable bonds is 7. The maximum Gasteiger partial charge on any atom is 0.345 e. The van der Waals surface area contributed by atoms with Crippen molar-refractivity contribution in [2.24, 2.45) is 0 Å². The van der Waals surface area contributed by atoms with Crippen molar-refractivity contribution in [1.82, 2.24) is 10.6 Å². The number of carbonyl (C=O) groups is 3. The van der Waals surface area contributed by atoms with Crippen molar-refractivity contribution in [3.05, 3.63) is 39.9 Å². The highest BCUT2D eigenvalue weighted by molar-refractivity contribution is 5.95. The molecule has 22 heavy (non-hydrogen) atoms. The van der Waals surface area contributed by atoms with Gasteiger partial charge in [0.1, 0.15) is 5.56 Å². The number of amides is 2. The van der Waals surface area contributed by atoms with E-state index in [4.69, 9.17) is 0 Å². The molecule has 9 heteroatoms. The summed E-state index contributed by atoms with van der Waals surface area (Å²) in [6.07, 6.45) is 0. The van der Waals surface area contributed by atoms with Crippen molar-refractivity contribution in [3.8, 4) is 0 Å². The number of para-hydroxylation sites is 1. The smallest absolute Gasteiger partial charge is 0.345 e. The van der Waals surface area contributed by atoms with Crippen LogP contribution in [0.25, 0.3) is 0 Å². The molecule has 1 aromatic rings. The van der Waals surface area contributed by atoms with Crippen LogP contribution in [0.2, 0.25) is 0 Å². The Bertz CT molecular complexity index is 587. The zero-order valence-electron chi connectivity index (χ0n) is 11.8. The maximum absolute atomic E-state index is 11.7. The van der Waals surface area contributed by atoms with Crippen LogP contribution >= 0.6 is 0 Å². The van der Waals surface area contributed by atoms with Crippen molar-refractivity contribution in [2.45, 2.75) is 6.92 Å². The zero-order chi connectivity index (χ0) is 16.5. The highest BCUT2D eigenvalue weighted by Gasteiger charge is 2.21. The van der Waals surface area contributed by atoms with E-state index in [0.29, 0.717) is 6.54 Å². The Morgan fingerprint density at radius 3 is 2.50 bits per heavy atom. The minimum atomic E-state index is -0.986. The van der Waals surface area contributed by atoms with Gasteiger partial charge in [-0.05, 0) is 13.0 Å². The van der Waals surface area contributed by atoms with Crippen LogP contribution < -0.4 is 10.6 Å². The predicted octanol–water partition coefficient (Wildman–Crippen LogP) is 0.00390. The summed E-state index contributed by atoms with van der Waals surface area (Å²) in [5.41, 5.74) is -0.653. The van der Waals surface area contributed by atoms with Crippen LogP contribution in [-0.2, 0) is 14.3 Å². The fraction of sp³-hybridized carbons (Fsp3) is 0.308. The highest BCUT2D eigenvalue weighted by Crippen LogP contribution is 2.18. The Hall–Kier alpha value is -2.97. The lowest BCUT2D eigenvalue weighted by Crippen LogP contribution is -2.38. The number of benzene rings is 1. The lowest BCUT2D eigenvalue weighted by molar-refractivity contribution is -0.385. The first-order valence-electron chi connectivity index (χ1n) is 6.39. The van der Waals surface area contributed by atoms with E-state index >= 15 is 0 Å². The van der Waals surface area contributed by atoms with Gasteiger partial charge in [0, 0.05) is 12.6 Å². The zero-order valence-corrected chi connectivity index (χ0v) is 11.8. The molecule has 118 valence electrons. The van der Waals surface area contributed by atoms with Gasteiger partial charge in [-0.2, -0.15) is 0 Å². The van der Waals surface area contributed by atoms with Gasteiger partial charge in [0.2, 0.25) is 5.91 Å². The first-order chi connectivity index (χ1) is 10.5. The topological polar surface area (TPSA) is 128 Å². The number of carbonyl (C=O) groups excluding carboxylic acids is 3. The van der Waals surface area contributed by atoms with E-state index in [1.165, 1.54) is 18.2 Å². The Morgan fingerprint density at radius 1 is 1.18 bits per heavy atom. The summed E-state index contributed by atoms with van der Waals surface area (Å²) in [5, 5.41) is 15.5. The largest absolute Gasteiger partial charge is 0.452 e. The van der Waals surface area contributed by atoms with Crippen molar-refractivity contribution in [3.63, 3.8) is 0 Å². The van der Waals surface area contributed by atoms with Crippen LogP contribution in [0.5, 0.6) is 0 Å². The van der Waals surface area contributed by atoms with Crippen molar-refractivity contribution in [1.29, 1.82) is 0 Å². The molecule has 0 atom stereocenters. The third-order valence-corrected chi connectivity index (χ3v) is 2.48. The van der Waals surface area contributed by atoms with E-state index in [2.05, 4.69) is 15.4 Å². The van der Waals surface area contributed by atoms with Gasteiger partial charge in [-0.25, -0.2) is 4.79 Å². The van der Waals surface area contributed by atoms with Gasteiger partial charge < -0.3 is 15.4 Å². The molecule has 0 saturated carbocycles. The molecule has 1 rings (SSSR count). The van der Waals surface area contributed by atoms with Crippen LogP contribution in [0.15, 0.2) is 24.3 Å². The van der Waals surface area contributed by atoms with Gasteiger partial charge in [0.15, 0.2) is 6.61 Å². The second-order valence-electron chi connectivity index (χ2n) is 4.08. The Kier molecular flexibility index (Phi) is 6.48. The van der Waals surface area contributed by atoms with Crippen molar-refractivity contribution < 1.29 is 24.0 Å². The molecule has 0 unspecified atom stereocenters. The minimum absolute atomic E-state index is 0.240. The van der Waals surface area contributed by atoms with Gasteiger partial charge >= 0.3 is 5.97 Å². The molecule has 1 aromatic carbocycles. The van der Waals surface area contributed by atoms with Crippen molar-refractivity contribution >= 4 is 23.5 Å². The second-order valence-corrected chi connectivity index (χ2v) is 4.08. The van der Waals surface area contributed by atoms with Crippen LogP contribution in [0.1, 0.15) is 17.3 Å². The molecular formula is C13H15N3O6. The van der Waals surface area contributed by atoms with Crippen molar-refractivity contribution in [2.75, 3.05) is 19.7 Å². The number of ether oxygens (including phenoxy) is 1. The summed E-state index contributed by atoms with van der Waals surface area (Å²) < 4.78 is 4.69. The molecule has 0 radical (unpaired) electrons. The van der Waals surface area contributed by atoms with E-state index in [9.17, 15) is 24.5 Å². The molecule has 0 saturated heterocycles. The highest BCUT2D eigenvalue weighted by atomic mass is 16.6. The Morgan fingerprint density at radius 2 is 1.86 bits per heavy atom. The number of hydrogen-bond donors (Lipinski definition) is 2. The average molecular weight is 309 g/mol. The quantitative estimate of drug-likeness (QED) is 0.414. The predicted molar refractivity (Wildman–Crippen MR) is 75.1 cm³/mol. The molecule has 0 aliphatic carbocycles. The molecule has 0 aliphatic heterocycles. The van der Waals surface area contributed by atoms with E-state index in [1.807, 2.05) is 0 Å². The molecule has 0 aliphatic rings. The molecule has 9 nitrogen and oxygen atoms in total. The second kappa shape index (κ2) is 8.35. The molecular weight excluding hydrogens is 294 g/mol. The SMILES string of the molecule is CCNC(=O)CNC(=O)COC(=O)c1ccccc1[N+](=O)[O-]. The van der Waals surface area contributed by atoms with Gasteiger partial charge in [-0.3, -0.25) is 19.7 Å². The van der Waals surface area contributed by atoms with Crippen LogP contribution in [0.3, 0.4) is 0 Å². The number of nitro benzene ring substituents is 1. The van der Waals surface area contributed by atoms with Crippen LogP contribution in [0.4, 0.5) is 5.69 Å². The lowest BCUT2D eigenvalue weighted by Gasteiger charge is -2.07. The van der Waals surface area contributed by atoms with E-state index in [1.54, 1.807) is 6.92 Å². The molecule has 0 aromatic heterocycles. The lowest BCUT2D eigenvalue weighted by atomic mass is 10.2. The molecule has 0 bridgehead atoms. The summed E-state index contributed by atoms with van der Waals surface area (Å²) in [7, 11) is 0.